The minimum Gasteiger partial charge on any atom is -0.502 e. The first-order valence-corrected chi connectivity index (χ1v) is 4.07. The van der Waals surface area contributed by atoms with Crippen LogP contribution in [0.1, 0.15) is 33.1 Å². The summed E-state index contributed by atoms with van der Waals surface area (Å²) >= 11 is 0. The van der Waals surface area contributed by atoms with Gasteiger partial charge in [-0.1, -0.05) is 33.3 Å². The predicted octanol–water partition coefficient (Wildman–Crippen LogP) is 2.97. The molecule has 60 valence electrons. The van der Waals surface area contributed by atoms with Gasteiger partial charge in [0.25, 0.3) is 0 Å². The van der Waals surface area contributed by atoms with Crippen molar-refractivity contribution in [3.05, 3.63) is 12.8 Å². The lowest BCUT2D eigenvalue weighted by atomic mass is 10.0. The van der Waals surface area contributed by atoms with E-state index >= 15 is 0 Å². The van der Waals surface area contributed by atoms with E-state index in [0.29, 0.717) is 0 Å². The van der Waals surface area contributed by atoms with Crippen molar-refractivity contribution in [2.45, 2.75) is 33.1 Å². The van der Waals surface area contributed by atoms with Gasteiger partial charge in [0.05, 0.1) is 12.9 Å². The second-order valence-corrected chi connectivity index (χ2v) is 2.51. The summed E-state index contributed by atoms with van der Waals surface area (Å²) in [5.41, 5.74) is 0. The molecule has 0 bridgehead atoms. The highest BCUT2D eigenvalue weighted by atomic mass is 16.5. The summed E-state index contributed by atoms with van der Waals surface area (Å²) in [6, 6.07) is 0. The third-order valence-corrected chi connectivity index (χ3v) is 1.92. The Morgan fingerprint density at radius 3 is 2.40 bits per heavy atom. The van der Waals surface area contributed by atoms with Crippen molar-refractivity contribution in [2.24, 2.45) is 5.92 Å². The van der Waals surface area contributed by atoms with Crippen LogP contribution in [0.15, 0.2) is 12.8 Å². The Bertz CT molecular complexity index is 74.8. The molecular weight excluding hydrogens is 124 g/mol. The maximum atomic E-state index is 5.03. The second-order valence-electron chi connectivity index (χ2n) is 2.51. The molecule has 0 fully saturated rings. The largest absolute Gasteiger partial charge is 0.502 e. The first kappa shape index (κ1) is 9.54. The molecule has 0 spiro atoms. The van der Waals surface area contributed by atoms with Crippen LogP contribution >= 0.6 is 0 Å². The normalized spacial score (nSPS) is 9.90. The summed E-state index contributed by atoms with van der Waals surface area (Å²) in [5.74, 6) is 0.833. The summed E-state index contributed by atoms with van der Waals surface area (Å²) in [4.78, 5) is 0. The average Bonchev–Trinajstić information content (AvgIpc) is 1.99. The lowest BCUT2D eigenvalue weighted by molar-refractivity contribution is 0.219. The SMILES string of the molecule is C=COCCC(CC)CC. The van der Waals surface area contributed by atoms with Crippen LogP contribution in [0.3, 0.4) is 0 Å². The molecule has 10 heavy (non-hydrogen) atoms. The fraction of sp³-hybridized carbons (Fsp3) is 0.778. The van der Waals surface area contributed by atoms with Gasteiger partial charge in [0.15, 0.2) is 0 Å². The molecule has 0 aliphatic heterocycles. The third kappa shape index (κ3) is 4.42. The molecule has 0 aliphatic carbocycles. The van der Waals surface area contributed by atoms with Gasteiger partial charge in [0, 0.05) is 0 Å². The number of hydrogen-bond donors (Lipinski definition) is 0. The van der Waals surface area contributed by atoms with Crippen LogP contribution in [0, 0.1) is 5.92 Å². The monoisotopic (exact) mass is 142 g/mol. The topological polar surface area (TPSA) is 9.23 Å². The minimum atomic E-state index is 0.829. The number of rotatable bonds is 6. The summed E-state index contributed by atoms with van der Waals surface area (Å²) in [6.07, 6.45) is 5.20. The maximum Gasteiger partial charge on any atom is 0.0875 e. The zero-order valence-corrected chi connectivity index (χ0v) is 7.10. The third-order valence-electron chi connectivity index (χ3n) is 1.92. The van der Waals surface area contributed by atoms with Gasteiger partial charge in [-0.2, -0.15) is 0 Å². The predicted molar refractivity (Wildman–Crippen MR) is 44.8 cm³/mol. The van der Waals surface area contributed by atoms with E-state index in [1.807, 2.05) is 0 Å². The summed E-state index contributed by atoms with van der Waals surface area (Å²) < 4.78 is 5.03. The highest BCUT2D eigenvalue weighted by Gasteiger charge is 2.01. The smallest absolute Gasteiger partial charge is 0.0875 e. The van der Waals surface area contributed by atoms with Crippen molar-refractivity contribution in [3.8, 4) is 0 Å². The van der Waals surface area contributed by atoms with Gasteiger partial charge in [-0.05, 0) is 12.3 Å². The molecule has 0 saturated carbocycles. The summed E-state index contributed by atoms with van der Waals surface area (Å²) in [7, 11) is 0. The van der Waals surface area contributed by atoms with Crippen LogP contribution in [-0.2, 0) is 4.74 Å². The second kappa shape index (κ2) is 6.66. The van der Waals surface area contributed by atoms with Crippen LogP contribution in [0.4, 0.5) is 0 Å². The molecule has 0 atom stereocenters. The molecule has 0 N–H and O–H groups in total. The van der Waals surface area contributed by atoms with Gasteiger partial charge in [0.1, 0.15) is 0 Å². The molecule has 0 amide bonds. The van der Waals surface area contributed by atoms with E-state index in [9.17, 15) is 0 Å². The zero-order valence-electron chi connectivity index (χ0n) is 7.10. The van der Waals surface area contributed by atoms with Crippen LogP contribution in [0.5, 0.6) is 0 Å². The minimum absolute atomic E-state index is 0.829. The van der Waals surface area contributed by atoms with E-state index in [-0.39, 0.29) is 0 Å². The fourth-order valence-corrected chi connectivity index (χ4v) is 1.01. The van der Waals surface area contributed by atoms with E-state index in [0.717, 1.165) is 12.5 Å². The molecule has 0 aromatic carbocycles. The van der Waals surface area contributed by atoms with Gasteiger partial charge >= 0.3 is 0 Å². The van der Waals surface area contributed by atoms with Crippen LogP contribution in [0.2, 0.25) is 0 Å². The zero-order chi connectivity index (χ0) is 7.82. The fourth-order valence-electron chi connectivity index (χ4n) is 1.01. The standard InChI is InChI=1S/C9H18O/c1-4-9(5-2)7-8-10-6-3/h6,9H,3-5,7-8H2,1-2H3. The molecule has 0 aromatic heterocycles. The van der Waals surface area contributed by atoms with Gasteiger partial charge in [0.2, 0.25) is 0 Å². The van der Waals surface area contributed by atoms with Gasteiger partial charge in [-0.25, -0.2) is 0 Å². The highest BCUT2D eigenvalue weighted by molar-refractivity contribution is 4.55. The van der Waals surface area contributed by atoms with E-state index in [2.05, 4.69) is 20.4 Å². The van der Waals surface area contributed by atoms with Crippen molar-refractivity contribution in [3.63, 3.8) is 0 Å². The molecule has 0 aromatic rings. The maximum absolute atomic E-state index is 5.03. The van der Waals surface area contributed by atoms with Crippen molar-refractivity contribution in [1.82, 2.24) is 0 Å². The van der Waals surface area contributed by atoms with Gasteiger partial charge in [-0.3, -0.25) is 0 Å². The Hall–Kier alpha value is -0.460. The quantitative estimate of drug-likeness (QED) is 0.409. The van der Waals surface area contributed by atoms with Crippen LogP contribution in [0.25, 0.3) is 0 Å². The molecule has 1 heteroatoms. The molecule has 0 heterocycles. The molecule has 0 saturated heterocycles. The lowest BCUT2D eigenvalue weighted by Crippen LogP contribution is -2.00. The average molecular weight is 142 g/mol. The Morgan fingerprint density at radius 1 is 1.40 bits per heavy atom. The first-order valence-electron chi connectivity index (χ1n) is 4.07. The summed E-state index contributed by atoms with van der Waals surface area (Å²) in [5, 5.41) is 0. The van der Waals surface area contributed by atoms with Crippen LogP contribution < -0.4 is 0 Å². The molecule has 0 radical (unpaired) electrons. The molecule has 0 rings (SSSR count). The Balaban J connectivity index is 3.16. The van der Waals surface area contributed by atoms with E-state index in [1.165, 1.54) is 25.5 Å². The molecule has 0 aliphatic rings. The van der Waals surface area contributed by atoms with E-state index in [4.69, 9.17) is 4.74 Å². The van der Waals surface area contributed by atoms with Gasteiger partial charge in [-0.15, -0.1) is 0 Å². The van der Waals surface area contributed by atoms with Crippen LogP contribution in [-0.4, -0.2) is 6.61 Å². The molecular formula is C9H18O. The lowest BCUT2D eigenvalue weighted by Gasteiger charge is -2.10. The van der Waals surface area contributed by atoms with E-state index in [1.54, 1.807) is 0 Å². The molecule has 1 nitrogen and oxygen atoms in total. The Kier molecular flexibility index (Phi) is 6.35. The first-order chi connectivity index (χ1) is 4.85. The van der Waals surface area contributed by atoms with Crippen molar-refractivity contribution in [1.29, 1.82) is 0 Å². The van der Waals surface area contributed by atoms with Gasteiger partial charge < -0.3 is 4.74 Å². The summed E-state index contributed by atoms with van der Waals surface area (Å²) in [6.45, 7) is 8.76. The highest BCUT2D eigenvalue weighted by Crippen LogP contribution is 2.11. The Morgan fingerprint density at radius 2 is 2.00 bits per heavy atom. The Labute approximate surface area is 64.1 Å². The van der Waals surface area contributed by atoms with E-state index < -0.39 is 0 Å². The number of ether oxygens (including phenoxy) is 1. The van der Waals surface area contributed by atoms with Crippen molar-refractivity contribution in [2.75, 3.05) is 6.61 Å². The number of hydrogen-bond acceptors (Lipinski definition) is 1. The van der Waals surface area contributed by atoms with Crippen molar-refractivity contribution >= 4 is 0 Å². The van der Waals surface area contributed by atoms with Crippen molar-refractivity contribution < 1.29 is 4.74 Å². The molecule has 0 unspecified atom stereocenters.